The van der Waals surface area contributed by atoms with Gasteiger partial charge in [-0.05, 0) is 32.1 Å². The molecule has 1 aliphatic rings. The van der Waals surface area contributed by atoms with Gasteiger partial charge in [0.15, 0.2) is 0 Å². The first-order chi connectivity index (χ1) is 2.30. The SMILES string of the molecule is [CH2]C1CC1[CH2]. The fraction of sp³-hybridized carbons (Fsp3) is 0.600. The second kappa shape index (κ2) is 0.735. The van der Waals surface area contributed by atoms with Crippen LogP contribution < -0.4 is 0 Å². The van der Waals surface area contributed by atoms with Gasteiger partial charge in [0.25, 0.3) is 0 Å². The van der Waals surface area contributed by atoms with Crippen LogP contribution in [0, 0.1) is 25.7 Å². The van der Waals surface area contributed by atoms with E-state index in [-0.39, 0.29) is 0 Å². The van der Waals surface area contributed by atoms with Gasteiger partial charge in [-0.2, -0.15) is 0 Å². The van der Waals surface area contributed by atoms with Crippen LogP contribution in [0.3, 0.4) is 0 Å². The molecule has 0 saturated heterocycles. The van der Waals surface area contributed by atoms with Gasteiger partial charge in [-0.3, -0.25) is 0 Å². The molecule has 0 heterocycles. The first-order valence-electron chi connectivity index (χ1n) is 1.97. The molecule has 0 amide bonds. The second-order valence-electron chi connectivity index (χ2n) is 1.76. The topological polar surface area (TPSA) is 0 Å². The molecule has 0 spiro atoms. The van der Waals surface area contributed by atoms with E-state index in [0.717, 1.165) is 0 Å². The minimum absolute atomic E-state index is 0.690. The monoisotopic (exact) mass is 68.1 g/mol. The van der Waals surface area contributed by atoms with Gasteiger partial charge in [-0.15, -0.1) is 0 Å². The van der Waals surface area contributed by atoms with Crippen LogP contribution in [-0.4, -0.2) is 0 Å². The lowest BCUT2D eigenvalue weighted by Gasteiger charge is -1.66. The van der Waals surface area contributed by atoms with Crippen LogP contribution in [0.1, 0.15) is 6.42 Å². The molecule has 0 aliphatic heterocycles. The van der Waals surface area contributed by atoms with E-state index in [1.807, 2.05) is 0 Å². The summed E-state index contributed by atoms with van der Waals surface area (Å²) >= 11 is 0. The van der Waals surface area contributed by atoms with Crippen LogP contribution in [-0.2, 0) is 0 Å². The maximum absolute atomic E-state index is 3.77. The Morgan fingerprint density at radius 3 is 1.40 bits per heavy atom. The predicted octanol–water partition coefficient (Wildman–Crippen LogP) is 1.29. The summed E-state index contributed by atoms with van der Waals surface area (Å²) in [6, 6.07) is 0. The molecule has 2 unspecified atom stereocenters. The smallest absolute Gasteiger partial charge is 0.0383 e. The summed E-state index contributed by atoms with van der Waals surface area (Å²) in [6.45, 7) is 7.54. The first kappa shape index (κ1) is 3.20. The standard InChI is InChI=1S/C5H8/c1-4-3-5(4)2/h4-5H,1-3H2. The summed E-state index contributed by atoms with van der Waals surface area (Å²) < 4.78 is 0. The van der Waals surface area contributed by atoms with Crippen LogP contribution in [0.2, 0.25) is 0 Å². The van der Waals surface area contributed by atoms with E-state index >= 15 is 0 Å². The number of hydrogen-bond donors (Lipinski definition) is 0. The molecule has 0 bridgehead atoms. The summed E-state index contributed by atoms with van der Waals surface area (Å²) in [4.78, 5) is 0. The molecule has 0 heteroatoms. The van der Waals surface area contributed by atoms with Gasteiger partial charge in [-0.1, -0.05) is 0 Å². The predicted molar refractivity (Wildman–Crippen MR) is 22.3 cm³/mol. The van der Waals surface area contributed by atoms with Crippen molar-refractivity contribution in [2.75, 3.05) is 0 Å². The van der Waals surface area contributed by atoms with Gasteiger partial charge in [0, 0.05) is 0 Å². The molecule has 0 nitrogen and oxygen atoms in total. The fourth-order valence-corrected chi connectivity index (χ4v) is 0.310. The molecule has 0 aromatic heterocycles. The van der Waals surface area contributed by atoms with E-state index in [2.05, 4.69) is 13.8 Å². The summed E-state index contributed by atoms with van der Waals surface area (Å²) in [6.07, 6.45) is 1.25. The molecule has 1 fully saturated rings. The Balaban J connectivity index is 2.20. The highest BCUT2D eigenvalue weighted by molar-refractivity contribution is 4.88. The van der Waals surface area contributed by atoms with E-state index in [0.29, 0.717) is 11.8 Å². The molecule has 0 N–H and O–H groups in total. The molecule has 1 rings (SSSR count). The van der Waals surface area contributed by atoms with E-state index in [9.17, 15) is 0 Å². The van der Waals surface area contributed by atoms with Crippen LogP contribution in [0.15, 0.2) is 0 Å². The quantitative estimate of drug-likeness (QED) is 0.401. The summed E-state index contributed by atoms with van der Waals surface area (Å²) in [5, 5.41) is 0. The Bertz CT molecular complexity index is 33.3. The average Bonchev–Trinajstić information content (AvgIpc) is 1.79. The van der Waals surface area contributed by atoms with Crippen molar-refractivity contribution in [3.05, 3.63) is 13.8 Å². The van der Waals surface area contributed by atoms with E-state index in [1.165, 1.54) is 6.42 Å². The van der Waals surface area contributed by atoms with Crippen molar-refractivity contribution in [2.24, 2.45) is 11.8 Å². The highest BCUT2D eigenvalue weighted by atomic mass is 14.3. The van der Waals surface area contributed by atoms with Gasteiger partial charge >= 0.3 is 0 Å². The molecule has 0 aromatic rings. The summed E-state index contributed by atoms with van der Waals surface area (Å²) in [5.74, 6) is 1.38. The molecule has 28 valence electrons. The summed E-state index contributed by atoms with van der Waals surface area (Å²) in [7, 11) is 0. The van der Waals surface area contributed by atoms with Crippen LogP contribution >= 0.6 is 0 Å². The fourth-order valence-electron chi connectivity index (χ4n) is 0.310. The normalized spacial score (nSPS) is 49.2. The highest BCUT2D eigenvalue weighted by Crippen LogP contribution is 2.35. The van der Waals surface area contributed by atoms with Crippen molar-refractivity contribution >= 4 is 0 Å². The van der Waals surface area contributed by atoms with Crippen molar-refractivity contribution in [1.29, 1.82) is 0 Å². The van der Waals surface area contributed by atoms with Crippen LogP contribution in [0.4, 0.5) is 0 Å². The third-order valence-corrected chi connectivity index (χ3v) is 1.07. The number of rotatable bonds is 0. The maximum atomic E-state index is 3.77. The van der Waals surface area contributed by atoms with E-state index < -0.39 is 0 Å². The zero-order valence-electron chi connectivity index (χ0n) is 3.28. The lowest BCUT2D eigenvalue weighted by molar-refractivity contribution is 0.990. The van der Waals surface area contributed by atoms with Crippen LogP contribution in [0.25, 0.3) is 0 Å². The van der Waals surface area contributed by atoms with Crippen molar-refractivity contribution in [3.63, 3.8) is 0 Å². The van der Waals surface area contributed by atoms with Gasteiger partial charge in [0.05, 0.1) is 0 Å². The number of hydrogen-bond acceptors (Lipinski definition) is 0. The zero-order chi connectivity index (χ0) is 3.86. The second-order valence-corrected chi connectivity index (χ2v) is 1.76. The molecule has 1 saturated carbocycles. The molecular weight excluding hydrogens is 60.1 g/mol. The Morgan fingerprint density at radius 2 is 1.40 bits per heavy atom. The van der Waals surface area contributed by atoms with Crippen molar-refractivity contribution in [3.8, 4) is 0 Å². The Kier molecular flexibility index (Phi) is 0.470. The van der Waals surface area contributed by atoms with Gasteiger partial charge in [-0.25, -0.2) is 0 Å². The maximum Gasteiger partial charge on any atom is -0.0383 e. The molecular formula is C5H8. The molecule has 1 aliphatic carbocycles. The van der Waals surface area contributed by atoms with E-state index in [4.69, 9.17) is 0 Å². The van der Waals surface area contributed by atoms with Crippen molar-refractivity contribution in [1.82, 2.24) is 0 Å². The zero-order valence-corrected chi connectivity index (χ0v) is 3.28. The van der Waals surface area contributed by atoms with E-state index in [1.54, 1.807) is 0 Å². The summed E-state index contributed by atoms with van der Waals surface area (Å²) in [5.41, 5.74) is 0. The Hall–Kier alpha value is 0. The minimum Gasteiger partial charge on any atom is -0.0499 e. The third-order valence-electron chi connectivity index (χ3n) is 1.07. The largest absolute Gasteiger partial charge is 0.0499 e. The third kappa shape index (κ3) is 0.444. The van der Waals surface area contributed by atoms with Crippen LogP contribution in [0.5, 0.6) is 0 Å². The molecule has 5 heavy (non-hydrogen) atoms. The molecule has 2 atom stereocenters. The minimum atomic E-state index is 0.690. The highest BCUT2D eigenvalue weighted by Gasteiger charge is 2.26. The molecule has 2 radical (unpaired) electrons. The lowest BCUT2D eigenvalue weighted by Crippen LogP contribution is -1.60. The van der Waals surface area contributed by atoms with Gasteiger partial charge < -0.3 is 0 Å². The van der Waals surface area contributed by atoms with Crippen molar-refractivity contribution < 1.29 is 0 Å². The lowest BCUT2D eigenvalue weighted by atomic mass is 10.4. The first-order valence-corrected chi connectivity index (χ1v) is 1.97. The van der Waals surface area contributed by atoms with Gasteiger partial charge in [0.1, 0.15) is 0 Å². The van der Waals surface area contributed by atoms with Gasteiger partial charge in [0.2, 0.25) is 0 Å². The Labute approximate surface area is 33.2 Å². The van der Waals surface area contributed by atoms with Crippen molar-refractivity contribution in [2.45, 2.75) is 6.42 Å². The molecule has 0 aromatic carbocycles. The average molecular weight is 68.1 g/mol. The Morgan fingerprint density at radius 1 is 1.20 bits per heavy atom.